The zero-order chi connectivity index (χ0) is 12.0. The maximum Gasteiger partial charge on any atom is 0.306 e. The molecule has 1 unspecified atom stereocenters. The topological polar surface area (TPSA) is 38.3 Å². The van der Waals surface area contributed by atoms with Gasteiger partial charge >= 0.3 is 5.97 Å². The molecule has 0 saturated carbocycles. The van der Waals surface area contributed by atoms with Gasteiger partial charge < -0.3 is 10.1 Å². The fraction of sp³-hybridized carbons (Fsp3) is 0.615. The summed E-state index contributed by atoms with van der Waals surface area (Å²) >= 11 is 0. The number of nitrogens with one attached hydrogen (secondary N) is 1. The van der Waals surface area contributed by atoms with Crippen LogP contribution in [0.15, 0.2) is 23.9 Å². The van der Waals surface area contributed by atoms with Gasteiger partial charge in [-0.1, -0.05) is 12.7 Å². The summed E-state index contributed by atoms with van der Waals surface area (Å²) in [6, 6.07) is 0. The van der Waals surface area contributed by atoms with Crippen LogP contribution in [-0.4, -0.2) is 19.6 Å². The molecule has 1 aliphatic carbocycles. The molecule has 0 saturated heterocycles. The van der Waals surface area contributed by atoms with E-state index in [1.54, 1.807) is 0 Å². The summed E-state index contributed by atoms with van der Waals surface area (Å²) < 4.78 is 4.99. The minimum atomic E-state index is -0.107. The van der Waals surface area contributed by atoms with Gasteiger partial charge in [0.15, 0.2) is 0 Å². The van der Waals surface area contributed by atoms with E-state index in [9.17, 15) is 4.79 Å². The Bertz CT molecular complexity index is 294. The third-order valence-electron chi connectivity index (χ3n) is 3.01. The Hall–Kier alpha value is -1.25. The molecule has 0 heterocycles. The quantitative estimate of drug-likeness (QED) is 0.727. The second kappa shape index (κ2) is 6.36. The number of carbonyl (C=O) groups excluding carboxylic acids is 1. The summed E-state index contributed by atoms with van der Waals surface area (Å²) in [4.78, 5) is 11.5. The normalized spacial score (nSPS) is 20.5. The average molecular weight is 223 g/mol. The Morgan fingerprint density at radius 2 is 2.44 bits per heavy atom. The molecule has 1 N–H and O–H groups in total. The Morgan fingerprint density at radius 1 is 1.69 bits per heavy atom. The van der Waals surface area contributed by atoms with Gasteiger partial charge in [-0.2, -0.15) is 0 Å². The number of carbonyl (C=O) groups is 1. The fourth-order valence-corrected chi connectivity index (χ4v) is 2.26. The van der Waals surface area contributed by atoms with Gasteiger partial charge in [-0.3, -0.25) is 4.79 Å². The smallest absolute Gasteiger partial charge is 0.306 e. The molecule has 0 aromatic carbocycles. The summed E-state index contributed by atoms with van der Waals surface area (Å²) in [7, 11) is 1.92. The minimum Gasteiger partial charge on any atom is -0.466 e. The molecule has 0 fully saturated rings. The average Bonchev–Trinajstić information content (AvgIpc) is 2.29. The molecule has 1 atom stereocenters. The highest BCUT2D eigenvalue weighted by Gasteiger charge is 2.23. The van der Waals surface area contributed by atoms with Gasteiger partial charge in [0.1, 0.15) is 0 Å². The molecule has 0 radical (unpaired) electrons. The molecule has 0 aromatic heterocycles. The third-order valence-corrected chi connectivity index (χ3v) is 3.01. The van der Waals surface area contributed by atoms with E-state index in [4.69, 9.17) is 4.74 Å². The number of allylic oxidation sites excluding steroid dienone is 3. The van der Waals surface area contributed by atoms with E-state index in [-0.39, 0.29) is 11.9 Å². The monoisotopic (exact) mass is 223 g/mol. The molecule has 3 heteroatoms. The Balaban J connectivity index is 2.71. The van der Waals surface area contributed by atoms with Crippen molar-refractivity contribution >= 4 is 5.97 Å². The first-order valence-corrected chi connectivity index (χ1v) is 5.91. The summed E-state index contributed by atoms with van der Waals surface area (Å²) in [6.07, 6.45) is 5.56. The lowest BCUT2D eigenvalue weighted by atomic mass is 9.83. The highest BCUT2D eigenvalue weighted by molar-refractivity contribution is 5.70. The second-order valence-corrected chi connectivity index (χ2v) is 3.99. The van der Waals surface area contributed by atoms with Crippen LogP contribution in [0, 0.1) is 5.92 Å². The highest BCUT2D eigenvalue weighted by atomic mass is 16.5. The predicted octanol–water partition coefficient (Wildman–Crippen LogP) is 2.40. The first-order chi connectivity index (χ1) is 7.72. The van der Waals surface area contributed by atoms with Crippen molar-refractivity contribution in [2.75, 3.05) is 13.7 Å². The van der Waals surface area contributed by atoms with Crippen molar-refractivity contribution in [1.29, 1.82) is 0 Å². The van der Waals surface area contributed by atoms with Crippen molar-refractivity contribution < 1.29 is 9.53 Å². The van der Waals surface area contributed by atoms with E-state index in [0.717, 1.165) is 19.3 Å². The third kappa shape index (κ3) is 3.12. The zero-order valence-corrected chi connectivity index (χ0v) is 10.2. The minimum absolute atomic E-state index is 0.107. The van der Waals surface area contributed by atoms with Gasteiger partial charge in [-0.15, -0.1) is 0 Å². The van der Waals surface area contributed by atoms with Crippen molar-refractivity contribution in [3.8, 4) is 0 Å². The molecule has 1 rings (SSSR count). The summed E-state index contributed by atoms with van der Waals surface area (Å²) in [5, 5.41) is 3.20. The number of hydrogen-bond acceptors (Lipinski definition) is 3. The fourth-order valence-electron chi connectivity index (χ4n) is 2.26. The number of ether oxygens (including phenoxy) is 1. The lowest BCUT2D eigenvalue weighted by Crippen LogP contribution is -2.21. The van der Waals surface area contributed by atoms with Gasteiger partial charge in [-0.25, -0.2) is 0 Å². The predicted molar refractivity (Wildman–Crippen MR) is 64.9 cm³/mol. The lowest BCUT2D eigenvalue weighted by molar-refractivity contribution is -0.144. The number of esters is 1. The molecule has 90 valence electrons. The Morgan fingerprint density at radius 3 is 3.00 bits per heavy atom. The molecule has 1 aliphatic rings. The van der Waals surface area contributed by atoms with E-state index in [2.05, 4.69) is 11.9 Å². The lowest BCUT2D eigenvalue weighted by Gasteiger charge is -2.26. The van der Waals surface area contributed by atoms with Crippen LogP contribution in [0.2, 0.25) is 0 Å². The first-order valence-electron chi connectivity index (χ1n) is 5.91. The molecular formula is C13H21NO2. The van der Waals surface area contributed by atoms with E-state index < -0.39 is 0 Å². The molecule has 0 aromatic rings. The molecule has 0 bridgehead atoms. The highest BCUT2D eigenvalue weighted by Crippen LogP contribution is 2.31. The Labute approximate surface area is 97.6 Å². The largest absolute Gasteiger partial charge is 0.466 e. The Kier molecular flexibility index (Phi) is 5.09. The van der Waals surface area contributed by atoms with E-state index in [0.29, 0.717) is 13.0 Å². The summed E-state index contributed by atoms with van der Waals surface area (Å²) in [6.45, 7) is 6.13. The van der Waals surface area contributed by atoms with Crippen molar-refractivity contribution in [3.63, 3.8) is 0 Å². The molecular weight excluding hydrogens is 202 g/mol. The molecule has 16 heavy (non-hydrogen) atoms. The zero-order valence-electron chi connectivity index (χ0n) is 10.2. The number of hydrogen-bond donors (Lipinski definition) is 1. The van der Waals surface area contributed by atoms with E-state index >= 15 is 0 Å². The van der Waals surface area contributed by atoms with Gasteiger partial charge in [-0.05, 0) is 37.7 Å². The molecule has 0 spiro atoms. The van der Waals surface area contributed by atoms with Gasteiger partial charge in [0.25, 0.3) is 0 Å². The standard InChI is InChI=1S/C13H21NO2/c1-4-11-10(9-13(15)16-5-2)7-6-8-12(11)14-3/h4,10,14H,1,5-9H2,2-3H3. The van der Waals surface area contributed by atoms with Crippen LogP contribution in [0.3, 0.4) is 0 Å². The molecule has 3 nitrogen and oxygen atoms in total. The number of rotatable bonds is 5. The van der Waals surface area contributed by atoms with Crippen molar-refractivity contribution in [1.82, 2.24) is 5.32 Å². The maximum absolute atomic E-state index is 11.5. The van der Waals surface area contributed by atoms with E-state index in [1.807, 2.05) is 20.0 Å². The van der Waals surface area contributed by atoms with Gasteiger partial charge in [0, 0.05) is 12.7 Å². The van der Waals surface area contributed by atoms with Crippen LogP contribution < -0.4 is 5.32 Å². The van der Waals surface area contributed by atoms with Crippen LogP contribution in [0.5, 0.6) is 0 Å². The van der Waals surface area contributed by atoms with Crippen LogP contribution in [0.25, 0.3) is 0 Å². The second-order valence-electron chi connectivity index (χ2n) is 3.99. The van der Waals surface area contributed by atoms with Crippen molar-refractivity contribution in [3.05, 3.63) is 23.9 Å². The summed E-state index contributed by atoms with van der Waals surface area (Å²) in [5.41, 5.74) is 2.40. The molecule has 0 aliphatic heterocycles. The van der Waals surface area contributed by atoms with Crippen LogP contribution >= 0.6 is 0 Å². The van der Waals surface area contributed by atoms with Gasteiger partial charge in [0.2, 0.25) is 0 Å². The van der Waals surface area contributed by atoms with Crippen LogP contribution in [0.1, 0.15) is 32.6 Å². The summed E-state index contributed by atoms with van der Waals surface area (Å²) in [5.74, 6) is 0.164. The first kappa shape index (κ1) is 12.8. The molecule has 0 amide bonds. The van der Waals surface area contributed by atoms with Crippen molar-refractivity contribution in [2.45, 2.75) is 32.6 Å². The maximum atomic E-state index is 11.5. The van der Waals surface area contributed by atoms with Crippen LogP contribution in [-0.2, 0) is 9.53 Å². The van der Waals surface area contributed by atoms with Crippen molar-refractivity contribution in [2.24, 2.45) is 5.92 Å². The van der Waals surface area contributed by atoms with Crippen LogP contribution in [0.4, 0.5) is 0 Å². The van der Waals surface area contributed by atoms with E-state index in [1.165, 1.54) is 11.3 Å². The van der Waals surface area contributed by atoms with Gasteiger partial charge in [0.05, 0.1) is 13.0 Å². The SMILES string of the molecule is C=CC1=C(NC)CCCC1CC(=O)OCC.